The van der Waals surface area contributed by atoms with E-state index in [9.17, 15) is 0 Å². The molecule has 2 aromatic carbocycles. The summed E-state index contributed by atoms with van der Waals surface area (Å²) in [7, 11) is 2.20. The zero-order chi connectivity index (χ0) is 21.3. The van der Waals surface area contributed by atoms with E-state index in [4.69, 9.17) is 23.4 Å². The minimum absolute atomic E-state index is 0.220. The molecular weight excluding hydrogens is 396 g/mol. The van der Waals surface area contributed by atoms with Gasteiger partial charge in [-0.25, -0.2) is 0 Å². The van der Waals surface area contributed by atoms with Crippen LogP contribution < -0.4 is 13.9 Å². The molecule has 1 fully saturated rings. The normalized spacial score (nSPS) is 19.0. The molecule has 0 atom stereocenters. The lowest BCUT2D eigenvalue weighted by molar-refractivity contribution is 0.0453. The van der Waals surface area contributed by atoms with Crippen molar-refractivity contribution in [2.45, 2.75) is 50.6 Å². The lowest BCUT2D eigenvalue weighted by Gasteiger charge is -2.30. The predicted molar refractivity (Wildman–Crippen MR) is 121 cm³/mol. The van der Waals surface area contributed by atoms with Crippen molar-refractivity contribution in [3.8, 4) is 17.2 Å². The van der Waals surface area contributed by atoms with Crippen molar-refractivity contribution in [3.05, 3.63) is 53.6 Å². The monoisotopic (exact) mass is 430 g/mol. The van der Waals surface area contributed by atoms with Crippen molar-refractivity contribution < 1.29 is 23.4 Å². The van der Waals surface area contributed by atoms with Crippen LogP contribution in [0.4, 0.5) is 0 Å². The summed E-state index contributed by atoms with van der Waals surface area (Å²) in [4.78, 5) is 0. The van der Waals surface area contributed by atoms with E-state index in [0.29, 0.717) is 11.8 Å². The van der Waals surface area contributed by atoms with Gasteiger partial charge in [-0.2, -0.15) is 0 Å². The average molecular weight is 431 g/mol. The first-order chi connectivity index (χ1) is 14.6. The SMILES string of the molecule is COCOc1ccc(C2CCC(c3ccc(O[SiH](C)C)cc3)CC2)c(OCOC)c1. The molecule has 30 heavy (non-hydrogen) atoms. The topological polar surface area (TPSA) is 46.2 Å². The number of benzene rings is 2. The minimum atomic E-state index is -1.05. The maximum Gasteiger partial charge on any atom is 0.229 e. The fourth-order valence-corrected chi connectivity index (χ4v) is 4.85. The van der Waals surface area contributed by atoms with Gasteiger partial charge in [0.1, 0.15) is 17.2 Å². The van der Waals surface area contributed by atoms with Gasteiger partial charge in [-0.15, -0.1) is 0 Å². The molecule has 0 N–H and O–H groups in total. The summed E-state index contributed by atoms with van der Waals surface area (Å²) in [6.07, 6.45) is 4.64. The first-order valence-corrected chi connectivity index (χ1v) is 13.5. The first kappa shape index (κ1) is 22.7. The summed E-state index contributed by atoms with van der Waals surface area (Å²) in [5.41, 5.74) is 2.66. The lowest BCUT2D eigenvalue weighted by Crippen LogP contribution is -2.14. The van der Waals surface area contributed by atoms with Gasteiger partial charge in [-0.3, -0.25) is 0 Å². The van der Waals surface area contributed by atoms with Crippen molar-refractivity contribution in [1.82, 2.24) is 0 Å². The van der Waals surface area contributed by atoms with Gasteiger partial charge in [0.05, 0.1) is 0 Å². The zero-order valence-corrected chi connectivity index (χ0v) is 19.7. The van der Waals surface area contributed by atoms with Crippen LogP contribution in [0.15, 0.2) is 42.5 Å². The smallest absolute Gasteiger partial charge is 0.229 e. The maximum atomic E-state index is 5.91. The van der Waals surface area contributed by atoms with E-state index in [1.165, 1.54) is 24.0 Å². The van der Waals surface area contributed by atoms with E-state index < -0.39 is 9.04 Å². The number of methoxy groups -OCH3 is 2. The largest absolute Gasteiger partial charge is 0.547 e. The molecule has 0 amide bonds. The molecule has 0 bridgehead atoms. The van der Waals surface area contributed by atoms with Crippen molar-refractivity contribution >= 4 is 9.04 Å². The minimum Gasteiger partial charge on any atom is -0.547 e. The summed E-state index contributed by atoms with van der Waals surface area (Å²) in [6, 6.07) is 14.8. The van der Waals surface area contributed by atoms with Gasteiger partial charge in [0.25, 0.3) is 0 Å². The molecule has 0 spiro atoms. The van der Waals surface area contributed by atoms with Crippen LogP contribution in [0.2, 0.25) is 13.1 Å². The Morgan fingerprint density at radius 3 is 2.00 bits per heavy atom. The van der Waals surface area contributed by atoms with Crippen molar-refractivity contribution in [2.24, 2.45) is 0 Å². The van der Waals surface area contributed by atoms with Crippen molar-refractivity contribution in [2.75, 3.05) is 27.8 Å². The Balaban J connectivity index is 1.64. The second-order valence-electron chi connectivity index (χ2n) is 8.09. The Morgan fingerprint density at radius 1 is 0.767 bits per heavy atom. The van der Waals surface area contributed by atoms with E-state index >= 15 is 0 Å². The molecule has 1 saturated carbocycles. The van der Waals surface area contributed by atoms with Crippen LogP contribution in [-0.4, -0.2) is 36.8 Å². The van der Waals surface area contributed by atoms with Crippen LogP contribution in [0, 0.1) is 0 Å². The molecule has 0 heterocycles. The summed E-state index contributed by atoms with van der Waals surface area (Å²) in [6.45, 7) is 4.83. The highest BCUT2D eigenvalue weighted by Crippen LogP contribution is 2.44. The third kappa shape index (κ3) is 6.24. The van der Waals surface area contributed by atoms with E-state index in [2.05, 4.69) is 43.4 Å². The standard InChI is InChI=1S/C24H34O5Si/c1-25-16-27-22-13-14-23(24(15-22)28-17-26-2)20-7-5-18(6-8-20)19-9-11-21(12-10-19)29-30(3)4/h9-15,18,20,30H,5-8,16-17H2,1-4H3. The van der Waals surface area contributed by atoms with Crippen LogP contribution in [0.1, 0.15) is 48.6 Å². The molecule has 0 unspecified atom stereocenters. The molecule has 0 saturated heterocycles. The van der Waals surface area contributed by atoms with Crippen LogP contribution in [-0.2, 0) is 9.47 Å². The van der Waals surface area contributed by atoms with Crippen LogP contribution in [0.3, 0.4) is 0 Å². The molecule has 6 heteroatoms. The highest BCUT2D eigenvalue weighted by atomic mass is 28.3. The molecule has 0 radical (unpaired) electrons. The first-order valence-electron chi connectivity index (χ1n) is 10.7. The van der Waals surface area contributed by atoms with Crippen LogP contribution in [0.25, 0.3) is 0 Å². The van der Waals surface area contributed by atoms with E-state index in [-0.39, 0.29) is 13.6 Å². The molecule has 0 aromatic heterocycles. The predicted octanol–water partition coefficient (Wildman–Crippen LogP) is 5.46. The van der Waals surface area contributed by atoms with Gasteiger partial charge in [0.2, 0.25) is 9.04 Å². The molecular formula is C24H34O5Si. The fraction of sp³-hybridized carbons (Fsp3) is 0.500. The number of rotatable bonds is 10. The molecule has 1 aliphatic carbocycles. The van der Waals surface area contributed by atoms with Gasteiger partial charge >= 0.3 is 0 Å². The molecule has 3 rings (SSSR count). The van der Waals surface area contributed by atoms with Gasteiger partial charge < -0.3 is 23.4 Å². The Morgan fingerprint density at radius 2 is 1.37 bits per heavy atom. The fourth-order valence-electron chi connectivity index (χ4n) is 4.14. The molecule has 164 valence electrons. The summed E-state index contributed by atoms with van der Waals surface area (Å²) >= 11 is 0. The quantitative estimate of drug-likeness (QED) is 0.370. The summed E-state index contributed by atoms with van der Waals surface area (Å²) < 4.78 is 27.5. The number of hydrogen-bond donors (Lipinski definition) is 0. The Bertz CT molecular complexity index is 770. The lowest BCUT2D eigenvalue weighted by atomic mass is 9.76. The van der Waals surface area contributed by atoms with Gasteiger partial charge in [0.15, 0.2) is 13.6 Å². The van der Waals surface area contributed by atoms with Gasteiger partial charge in [-0.1, -0.05) is 18.2 Å². The Kier molecular flexibility index (Phi) is 8.60. The summed E-state index contributed by atoms with van der Waals surface area (Å²) in [5.74, 6) is 3.68. The van der Waals surface area contributed by atoms with Crippen molar-refractivity contribution in [3.63, 3.8) is 0 Å². The number of hydrogen-bond acceptors (Lipinski definition) is 5. The van der Waals surface area contributed by atoms with Crippen LogP contribution in [0.5, 0.6) is 17.2 Å². The van der Waals surface area contributed by atoms with Crippen molar-refractivity contribution in [1.29, 1.82) is 0 Å². The van der Waals surface area contributed by atoms with E-state index in [0.717, 1.165) is 30.1 Å². The van der Waals surface area contributed by atoms with Gasteiger partial charge in [0, 0.05) is 20.3 Å². The third-order valence-corrected chi connectivity index (χ3v) is 6.29. The Hall–Kier alpha value is -2.02. The zero-order valence-electron chi connectivity index (χ0n) is 18.6. The molecule has 5 nitrogen and oxygen atoms in total. The molecule has 1 aliphatic rings. The average Bonchev–Trinajstić information content (AvgIpc) is 2.76. The maximum absolute atomic E-state index is 5.91. The highest BCUT2D eigenvalue weighted by molar-refractivity contribution is 6.49. The molecule has 0 aliphatic heterocycles. The number of ether oxygens (including phenoxy) is 4. The van der Waals surface area contributed by atoms with E-state index in [1.807, 2.05) is 12.1 Å². The second kappa shape index (κ2) is 11.4. The van der Waals surface area contributed by atoms with Gasteiger partial charge in [-0.05, 0) is 79.9 Å². The molecule has 2 aromatic rings. The van der Waals surface area contributed by atoms with Crippen LogP contribution >= 0.6 is 0 Å². The second-order valence-corrected chi connectivity index (χ2v) is 10.4. The van der Waals surface area contributed by atoms with E-state index in [1.54, 1.807) is 14.2 Å². The Labute approximate surface area is 182 Å². The third-order valence-electron chi connectivity index (χ3n) is 5.55. The summed E-state index contributed by atoms with van der Waals surface area (Å²) in [5, 5.41) is 0. The highest BCUT2D eigenvalue weighted by Gasteiger charge is 2.26.